The lowest BCUT2D eigenvalue weighted by atomic mass is 10.2. The average molecular weight is 401 g/mol. The molecule has 4 aromatic rings. The Kier molecular flexibility index (Phi) is 4.50. The number of imidazole rings is 1. The van der Waals surface area contributed by atoms with Gasteiger partial charge in [0.15, 0.2) is 5.65 Å². The van der Waals surface area contributed by atoms with E-state index in [4.69, 9.17) is 9.72 Å². The van der Waals surface area contributed by atoms with Crippen molar-refractivity contribution in [1.29, 1.82) is 0 Å². The molecule has 7 nitrogen and oxygen atoms in total. The molecule has 5 rings (SSSR count). The van der Waals surface area contributed by atoms with E-state index >= 15 is 0 Å². The summed E-state index contributed by atoms with van der Waals surface area (Å²) in [6, 6.07) is 17.9. The van der Waals surface area contributed by atoms with Gasteiger partial charge in [-0.2, -0.15) is 4.98 Å². The summed E-state index contributed by atoms with van der Waals surface area (Å²) >= 11 is 0. The van der Waals surface area contributed by atoms with Crippen LogP contribution in [0.5, 0.6) is 5.75 Å². The third-order valence-corrected chi connectivity index (χ3v) is 5.57. The van der Waals surface area contributed by atoms with Crippen molar-refractivity contribution in [2.24, 2.45) is 0 Å². The lowest BCUT2D eigenvalue weighted by molar-refractivity contribution is 0.414. The molecule has 0 bridgehead atoms. The first-order chi connectivity index (χ1) is 14.7. The summed E-state index contributed by atoms with van der Waals surface area (Å²) in [4.78, 5) is 25.0. The van der Waals surface area contributed by atoms with Crippen LogP contribution in [0.1, 0.15) is 18.4 Å². The van der Waals surface area contributed by atoms with E-state index in [1.165, 1.54) is 0 Å². The first-order valence-corrected chi connectivity index (χ1v) is 10.0. The molecule has 0 saturated heterocycles. The molecule has 152 valence electrons. The highest BCUT2D eigenvalue weighted by atomic mass is 16.5. The minimum Gasteiger partial charge on any atom is -0.497 e. The van der Waals surface area contributed by atoms with Gasteiger partial charge in [-0.05, 0) is 30.5 Å². The molecular weight excluding hydrogens is 378 g/mol. The lowest BCUT2D eigenvalue weighted by Gasteiger charge is -2.15. The molecule has 0 amide bonds. The van der Waals surface area contributed by atoms with Gasteiger partial charge in [0.05, 0.1) is 25.5 Å². The maximum Gasteiger partial charge on any atom is 0.335 e. The second-order valence-corrected chi connectivity index (χ2v) is 7.61. The highest BCUT2D eigenvalue weighted by Crippen LogP contribution is 2.29. The number of nitrogens with zero attached hydrogens (tertiary/aromatic N) is 5. The predicted molar refractivity (Wildman–Crippen MR) is 117 cm³/mol. The summed E-state index contributed by atoms with van der Waals surface area (Å²) in [7, 11) is 3.62. The summed E-state index contributed by atoms with van der Waals surface area (Å²) in [5.41, 5.74) is 2.92. The number of benzene rings is 2. The fourth-order valence-corrected chi connectivity index (χ4v) is 3.72. The molecule has 0 spiro atoms. The molecule has 1 aliphatic carbocycles. The number of anilines is 1. The van der Waals surface area contributed by atoms with Gasteiger partial charge in [-0.25, -0.2) is 14.3 Å². The summed E-state index contributed by atoms with van der Waals surface area (Å²) < 4.78 is 8.74. The quantitative estimate of drug-likeness (QED) is 0.496. The summed E-state index contributed by atoms with van der Waals surface area (Å²) in [6.07, 6.45) is 4.06. The second-order valence-electron chi connectivity index (χ2n) is 7.61. The number of aromatic nitrogens is 4. The number of methoxy groups -OCH3 is 1. The molecular formula is C23H23N5O2. The third-order valence-electron chi connectivity index (χ3n) is 5.57. The van der Waals surface area contributed by atoms with E-state index in [0.717, 1.165) is 24.1 Å². The van der Waals surface area contributed by atoms with Crippen LogP contribution in [0.3, 0.4) is 0 Å². The van der Waals surface area contributed by atoms with Crippen LogP contribution in [0, 0.1) is 0 Å². The van der Waals surface area contributed by atoms with E-state index in [9.17, 15) is 4.79 Å². The van der Waals surface area contributed by atoms with Gasteiger partial charge in [-0.1, -0.05) is 36.4 Å². The largest absolute Gasteiger partial charge is 0.497 e. The fraction of sp³-hybridized carbons (Fsp3) is 0.261. The van der Waals surface area contributed by atoms with Gasteiger partial charge in [0.25, 0.3) is 0 Å². The first-order valence-electron chi connectivity index (χ1n) is 10.0. The first kappa shape index (κ1) is 18.4. The molecule has 2 heterocycles. The third kappa shape index (κ3) is 3.22. The molecule has 30 heavy (non-hydrogen) atoms. The van der Waals surface area contributed by atoms with Crippen molar-refractivity contribution in [3.63, 3.8) is 0 Å². The topological polar surface area (TPSA) is 65.2 Å². The standard InChI is InChI=1S/C23H23N5O2/c1-26(17-11-12-17)22-24-14-20-21(25-22)28(18-9-6-10-19(13-18)30-2)23(29)27(20)15-16-7-4-3-5-8-16/h3-10,13-14,17H,11-12,15H2,1-2H3. The molecule has 2 aromatic heterocycles. The van der Waals surface area contributed by atoms with E-state index in [2.05, 4.69) is 9.88 Å². The molecule has 0 aliphatic heterocycles. The van der Waals surface area contributed by atoms with Crippen LogP contribution >= 0.6 is 0 Å². The predicted octanol–water partition coefficient (Wildman–Crippen LogP) is 3.24. The summed E-state index contributed by atoms with van der Waals surface area (Å²) in [5, 5.41) is 0. The van der Waals surface area contributed by atoms with Crippen molar-refractivity contribution >= 4 is 17.1 Å². The minimum atomic E-state index is -0.150. The Bertz CT molecular complexity index is 1260. The van der Waals surface area contributed by atoms with E-state index in [1.807, 2.05) is 61.6 Å². The number of rotatable bonds is 6. The highest BCUT2D eigenvalue weighted by molar-refractivity contribution is 5.75. The van der Waals surface area contributed by atoms with Gasteiger partial charge >= 0.3 is 5.69 Å². The zero-order valence-corrected chi connectivity index (χ0v) is 17.0. The Labute approximate surface area is 174 Å². The molecule has 2 aromatic carbocycles. The van der Waals surface area contributed by atoms with Crippen LogP contribution in [0.2, 0.25) is 0 Å². The Morgan fingerprint density at radius 2 is 1.93 bits per heavy atom. The Hall–Kier alpha value is -3.61. The smallest absolute Gasteiger partial charge is 0.335 e. The minimum absolute atomic E-state index is 0.150. The molecule has 1 aliphatic rings. The van der Waals surface area contributed by atoms with Gasteiger partial charge in [-0.15, -0.1) is 0 Å². The molecule has 1 fully saturated rings. The molecule has 0 atom stereocenters. The van der Waals surface area contributed by atoms with Crippen LogP contribution in [0.25, 0.3) is 16.9 Å². The van der Waals surface area contributed by atoms with Crippen LogP contribution < -0.4 is 15.3 Å². The molecule has 0 radical (unpaired) electrons. The van der Waals surface area contributed by atoms with E-state index in [1.54, 1.807) is 22.4 Å². The Balaban J connectivity index is 1.72. The van der Waals surface area contributed by atoms with Gasteiger partial charge in [0.1, 0.15) is 11.3 Å². The molecule has 1 saturated carbocycles. The zero-order chi connectivity index (χ0) is 20.7. The van der Waals surface area contributed by atoms with Crippen molar-refractivity contribution in [1.82, 2.24) is 19.1 Å². The van der Waals surface area contributed by atoms with Gasteiger partial charge in [0, 0.05) is 19.2 Å². The zero-order valence-electron chi connectivity index (χ0n) is 17.0. The van der Waals surface area contributed by atoms with Crippen LogP contribution in [0.15, 0.2) is 65.6 Å². The van der Waals surface area contributed by atoms with E-state index in [-0.39, 0.29) is 5.69 Å². The summed E-state index contributed by atoms with van der Waals surface area (Å²) in [6.45, 7) is 0.453. The van der Waals surface area contributed by atoms with Crippen molar-refractivity contribution in [2.45, 2.75) is 25.4 Å². The Morgan fingerprint density at radius 3 is 2.67 bits per heavy atom. The van der Waals surface area contributed by atoms with Crippen LogP contribution in [-0.4, -0.2) is 39.3 Å². The van der Waals surface area contributed by atoms with Gasteiger partial charge < -0.3 is 9.64 Å². The number of fused-ring (bicyclic) bond motifs is 1. The second kappa shape index (κ2) is 7.33. The van der Waals surface area contributed by atoms with Crippen LogP contribution in [-0.2, 0) is 6.54 Å². The maximum absolute atomic E-state index is 13.5. The van der Waals surface area contributed by atoms with Crippen molar-refractivity contribution < 1.29 is 4.74 Å². The Morgan fingerprint density at radius 1 is 1.13 bits per heavy atom. The molecule has 0 N–H and O–H groups in total. The number of hydrogen-bond donors (Lipinski definition) is 0. The lowest BCUT2D eigenvalue weighted by Crippen LogP contribution is -2.24. The normalized spacial score (nSPS) is 13.5. The molecule has 7 heteroatoms. The maximum atomic E-state index is 13.5. The van der Waals surface area contributed by atoms with E-state index in [0.29, 0.717) is 35.4 Å². The number of hydrogen-bond acceptors (Lipinski definition) is 5. The van der Waals surface area contributed by atoms with E-state index < -0.39 is 0 Å². The van der Waals surface area contributed by atoms with Crippen LogP contribution in [0.4, 0.5) is 5.95 Å². The van der Waals surface area contributed by atoms with Crippen molar-refractivity contribution in [3.8, 4) is 11.4 Å². The average Bonchev–Trinajstić information content (AvgIpc) is 3.60. The SMILES string of the molecule is COc1cccc(-n2c(=O)n(Cc3ccccc3)c3cnc(N(C)C4CC4)nc32)c1. The van der Waals surface area contributed by atoms with Crippen molar-refractivity contribution in [2.75, 3.05) is 19.1 Å². The highest BCUT2D eigenvalue weighted by Gasteiger charge is 2.29. The number of ether oxygens (including phenoxy) is 1. The monoisotopic (exact) mass is 401 g/mol. The molecule has 0 unspecified atom stereocenters. The van der Waals surface area contributed by atoms with Crippen molar-refractivity contribution in [3.05, 3.63) is 76.8 Å². The van der Waals surface area contributed by atoms with Gasteiger partial charge in [0.2, 0.25) is 5.95 Å². The van der Waals surface area contributed by atoms with Gasteiger partial charge in [-0.3, -0.25) is 4.57 Å². The fourth-order valence-electron chi connectivity index (χ4n) is 3.72. The summed E-state index contributed by atoms with van der Waals surface area (Å²) in [5.74, 6) is 1.33.